The summed E-state index contributed by atoms with van der Waals surface area (Å²) in [6.07, 6.45) is 5.06. The number of thiol groups is 1. The van der Waals surface area contributed by atoms with Gasteiger partial charge < -0.3 is 25.4 Å². The zero-order chi connectivity index (χ0) is 25.8. The monoisotopic (exact) mass is 505 g/mol. The van der Waals surface area contributed by atoms with Gasteiger partial charge in [0.05, 0.1) is 0 Å². The number of carbonyl (C=O) groups excluding carboxylic acids is 3. The number of amides is 3. The molecule has 0 aliphatic heterocycles. The number of alkyl carbamates (subject to hydrolysis) is 1. The van der Waals surface area contributed by atoms with Crippen LogP contribution in [0.25, 0.3) is 0 Å². The number of phenolic OH excluding ortho intramolecular Hbond substituents is 1. The minimum absolute atomic E-state index is 0.0351. The van der Waals surface area contributed by atoms with Crippen LogP contribution < -0.4 is 10.6 Å². The summed E-state index contributed by atoms with van der Waals surface area (Å²) < 4.78 is 5.34. The maximum atomic E-state index is 13.9. The van der Waals surface area contributed by atoms with Gasteiger partial charge in [0.25, 0.3) is 0 Å². The zero-order valence-corrected chi connectivity index (χ0v) is 22.0. The van der Waals surface area contributed by atoms with Gasteiger partial charge in [-0.3, -0.25) is 9.59 Å². The lowest BCUT2D eigenvalue weighted by Gasteiger charge is -2.36. The Labute approximate surface area is 213 Å². The van der Waals surface area contributed by atoms with E-state index in [1.54, 1.807) is 39.0 Å². The standard InChI is InChI=1S/C26H39N3O5S/c1-16-14-20(16)29(24(32)19(15-35)28-25(33)34-26(2,3)4)22(18-12-8-9-13-21(18)30)23(31)27-17-10-6-5-7-11-17/h8-9,12-13,16-17,19-20,22,30,35H,5-7,10-11,14-15H2,1-4H3,(H,27,31)(H,28,33). The Bertz CT molecular complexity index is 912. The van der Waals surface area contributed by atoms with Crippen LogP contribution in [0.1, 0.15) is 77.8 Å². The quantitative estimate of drug-likeness (QED) is 0.400. The molecule has 1 aromatic carbocycles. The lowest BCUT2D eigenvalue weighted by Crippen LogP contribution is -2.55. The van der Waals surface area contributed by atoms with E-state index in [1.807, 2.05) is 6.92 Å². The molecule has 1 aromatic rings. The van der Waals surface area contributed by atoms with Crippen molar-refractivity contribution in [1.82, 2.24) is 15.5 Å². The molecule has 8 nitrogen and oxygen atoms in total. The van der Waals surface area contributed by atoms with Crippen LogP contribution in [0.4, 0.5) is 4.79 Å². The summed E-state index contributed by atoms with van der Waals surface area (Å²) in [7, 11) is 0. The van der Waals surface area contributed by atoms with E-state index in [1.165, 1.54) is 11.0 Å². The molecule has 0 bridgehead atoms. The summed E-state index contributed by atoms with van der Waals surface area (Å²) >= 11 is 4.31. The van der Waals surface area contributed by atoms with E-state index in [9.17, 15) is 19.5 Å². The lowest BCUT2D eigenvalue weighted by molar-refractivity contribution is -0.143. The van der Waals surface area contributed by atoms with Crippen LogP contribution in [0.5, 0.6) is 5.75 Å². The van der Waals surface area contributed by atoms with Crippen molar-refractivity contribution in [3.8, 4) is 5.75 Å². The summed E-state index contributed by atoms with van der Waals surface area (Å²) in [4.78, 5) is 41.6. The molecule has 3 rings (SSSR count). The molecule has 2 aliphatic carbocycles. The smallest absolute Gasteiger partial charge is 0.408 e. The van der Waals surface area contributed by atoms with Gasteiger partial charge >= 0.3 is 6.09 Å². The fourth-order valence-corrected chi connectivity index (χ4v) is 4.90. The van der Waals surface area contributed by atoms with Crippen LogP contribution in [-0.2, 0) is 14.3 Å². The molecule has 4 unspecified atom stereocenters. The first-order chi connectivity index (χ1) is 16.5. The maximum absolute atomic E-state index is 13.9. The van der Waals surface area contributed by atoms with E-state index in [2.05, 4.69) is 23.3 Å². The Morgan fingerprint density at radius 2 is 1.80 bits per heavy atom. The van der Waals surface area contributed by atoms with Crippen molar-refractivity contribution < 1.29 is 24.2 Å². The van der Waals surface area contributed by atoms with Crippen LogP contribution in [0.3, 0.4) is 0 Å². The molecule has 3 amide bonds. The first-order valence-corrected chi connectivity index (χ1v) is 13.2. The molecular weight excluding hydrogens is 466 g/mol. The molecule has 35 heavy (non-hydrogen) atoms. The minimum Gasteiger partial charge on any atom is -0.508 e. The summed E-state index contributed by atoms with van der Waals surface area (Å²) in [5.41, 5.74) is -0.361. The summed E-state index contributed by atoms with van der Waals surface area (Å²) in [6, 6.07) is 4.45. The largest absolute Gasteiger partial charge is 0.508 e. The molecule has 2 fully saturated rings. The number of aromatic hydroxyl groups is 1. The van der Waals surface area contributed by atoms with Gasteiger partial charge in [-0.1, -0.05) is 44.4 Å². The Kier molecular flexibility index (Phi) is 8.96. The van der Waals surface area contributed by atoms with E-state index in [0.29, 0.717) is 5.56 Å². The molecule has 0 aromatic heterocycles. The van der Waals surface area contributed by atoms with Crippen LogP contribution in [0.2, 0.25) is 0 Å². The number of nitrogens with zero attached hydrogens (tertiary/aromatic N) is 1. The number of hydrogen-bond donors (Lipinski definition) is 4. The van der Waals surface area contributed by atoms with E-state index in [-0.39, 0.29) is 35.4 Å². The normalized spacial score (nSPS) is 22.0. The number of nitrogens with one attached hydrogen (secondary N) is 2. The van der Waals surface area contributed by atoms with Crippen LogP contribution in [0, 0.1) is 5.92 Å². The lowest BCUT2D eigenvalue weighted by atomic mass is 9.94. The van der Waals surface area contributed by atoms with E-state index in [4.69, 9.17) is 4.74 Å². The predicted molar refractivity (Wildman–Crippen MR) is 137 cm³/mol. The van der Waals surface area contributed by atoms with Crippen molar-refractivity contribution in [2.24, 2.45) is 5.92 Å². The molecule has 2 aliphatic rings. The highest BCUT2D eigenvalue weighted by Crippen LogP contribution is 2.42. The predicted octanol–water partition coefficient (Wildman–Crippen LogP) is 3.94. The van der Waals surface area contributed by atoms with E-state index >= 15 is 0 Å². The number of benzene rings is 1. The Balaban J connectivity index is 1.92. The van der Waals surface area contributed by atoms with Gasteiger partial charge in [0.2, 0.25) is 11.8 Å². The summed E-state index contributed by atoms with van der Waals surface area (Å²) in [6.45, 7) is 7.24. The van der Waals surface area contributed by atoms with Gasteiger partial charge in [0.15, 0.2) is 0 Å². The van der Waals surface area contributed by atoms with Gasteiger partial charge in [-0.05, 0) is 52.0 Å². The average Bonchev–Trinajstić information content (AvgIpc) is 3.51. The molecule has 4 atom stereocenters. The summed E-state index contributed by atoms with van der Waals surface area (Å²) in [5, 5.41) is 16.4. The zero-order valence-electron chi connectivity index (χ0n) is 21.1. The number of para-hydroxylation sites is 1. The van der Waals surface area contributed by atoms with Crippen molar-refractivity contribution in [3.63, 3.8) is 0 Å². The maximum Gasteiger partial charge on any atom is 0.408 e. The Hall–Kier alpha value is -2.42. The highest BCUT2D eigenvalue weighted by molar-refractivity contribution is 7.80. The van der Waals surface area contributed by atoms with Crippen molar-refractivity contribution in [2.75, 3.05) is 5.75 Å². The van der Waals surface area contributed by atoms with E-state index in [0.717, 1.165) is 38.5 Å². The second-order valence-corrected chi connectivity index (χ2v) is 11.1. The first-order valence-electron chi connectivity index (χ1n) is 12.5. The third-order valence-corrected chi connectivity index (χ3v) is 6.92. The molecule has 3 N–H and O–H groups in total. The minimum atomic E-state index is -1.02. The summed E-state index contributed by atoms with van der Waals surface area (Å²) in [5.74, 6) is -0.567. The number of ether oxygens (including phenoxy) is 1. The highest BCUT2D eigenvalue weighted by atomic mass is 32.1. The van der Waals surface area contributed by atoms with Gasteiger partial charge in [0, 0.05) is 23.4 Å². The molecule has 0 heterocycles. The third kappa shape index (κ3) is 7.29. The number of carbonyl (C=O) groups is 3. The number of hydrogen-bond acceptors (Lipinski definition) is 6. The highest BCUT2D eigenvalue weighted by Gasteiger charge is 2.48. The third-order valence-electron chi connectivity index (χ3n) is 6.56. The second-order valence-electron chi connectivity index (χ2n) is 10.7. The van der Waals surface area contributed by atoms with Crippen molar-refractivity contribution in [2.45, 2.75) is 96.0 Å². The van der Waals surface area contributed by atoms with Crippen LogP contribution >= 0.6 is 12.6 Å². The van der Waals surface area contributed by atoms with Gasteiger partial charge in [-0.25, -0.2) is 4.79 Å². The van der Waals surface area contributed by atoms with Gasteiger partial charge in [-0.2, -0.15) is 12.6 Å². The van der Waals surface area contributed by atoms with Crippen molar-refractivity contribution in [1.29, 1.82) is 0 Å². The SMILES string of the molecule is CC1CC1N(C(=O)C(CS)NC(=O)OC(C)(C)C)C(C(=O)NC1CCCCC1)c1ccccc1O. The Morgan fingerprint density at radius 1 is 1.17 bits per heavy atom. The van der Waals surface area contributed by atoms with Crippen LogP contribution in [0.15, 0.2) is 24.3 Å². The van der Waals surface area contributed by atoms with Gasteiger partial charge in [-0.15, -0.1) is 0 Å². The molecule has 0 spiro atoms. The topological polar surface area (TPSA) is 108 Å². The van der Waals surface area contributed by atoms with Gasteiger partial charge in [0.1, 0.15) is 23.4 Å². The second kappa shape index (κ2) is 11.5. The first kappa shape index (κ1) is 27.2. The number of rotatable bonds is 8. The van der Waals surface area contributed by atoms with Crippen molar-refractivity contribution >= 4 is 30.5 Å². The van der Waals surface area contributed by atoms with E-state index < -0.39 is 29.7 Å². The number of phenols is 1. The molecule has 0 radical (unpaired) electrons. The van der Waals surface area contributed by atoms with Crippen LogP contribution in [-0.4, -0.2) is 57.4 Å². The molecule has 0 saturated heterocycles. The Morgan fingerprint density at radius 3 is 2.34 bits per heavy atom. The molecule has 9 heteroatoms. The fraction of sp³-hybridized carbons (Fsp3) is 0.654. The molecular formula is C26H39N3O5S. The van der Waals surface area contributed by atoms with Crippen molar-refractivity contribution in [3.05, 3.63) is 29.8 Å². The average molecular weight is 506 g/mol. The fourth-order valence-electron chi connectivity index (χ4n) is 4.65. The molecule has 2 saturated carbocycles. The molecule has 194 valence electrons.